The third-order valence-corrected chi connectivity index (χ3v) is 5.58. The van der Waals surface area contributed by atoms with E-state index >= 15 is 0 Å². The number of hydrazone groups is 1. The van der Waals surface area contributed by atoms with Gasteiger partial charge in [-0.15, -0.1) is 0 Å². The van der Waals surface area contributed by atoms with Crippen LogP contribution in [-0.4, -0.2) is 44.7 Å². The molecule has 2 saturated carbocycles. The van der Waals surface area contributed by atoms with Gasteiger partial charge in [-0.1, -0.05) is 0 Å². The van der Waals surface area contributed by atoms with Crippen LogP contribution in [0.2, 0.25) is 0 Å². The van der Waals surface area contributed by atoms with Crippen molar-refractivity contribution in [3.05, 3.63) is 11.3 Å². The molecule has 1 heterocycles. The number of aryl methyl sites for hydroxylation is 1. The number of nitrogen functional groups attached to an aromatic ring is 1. The highest BCUT2D eigenvalue weighted by Gasteiger charge is 2.52. The molecule has 3 rings (SSSR count). The van der Waals surface area contributed by atoms with Gasteiger partial charge in [0, 0.05) is 20.0 Å². The number of fused-ring (bicyclic) bond motifs is 1. The van der Waals surface area contributed by atoms with Crippen molar-refractivity contribution in [1.82, 2.24) is 14.8 Å². The molecule has 0 spiro atoms. The normalized spacial score (nSPS) is 32.8. The lowest BCUT2D eigenvalue weighted by Crippen LogP contribution is -2.50. The molecule has 132 valence electrons. The maximum atomic E-state index is 11.3. The van der Waals surface area contributed by atoms with Crippen LogP contribution in [0.5, 0.6) is 0 Å². The van der Waals surface area contributed by atoms with Crippen LogP contribution in [0.1, 0.15) is 47.7 Å². The summed E-state index contributed by atoms with van der Waals surface area (Å²) in [7, 11) is 3.36. The molecule has 0 amide bonds. The minimum atomic E-state index is -1.09. The predicted octanol–water partition coefficient (Wildman–Crippen LogP) is -0.473. The van der Waals surface area contributed by atoms with Gasteiger partial charge >= 0.3 is 0 Å². The number of likely N-dealkylation sites (N-methyl/N-ethyl adjacent to an activating group) is 1. The number of amidine groups is 1. The summed E-state index contributed by atoms with van der Waals surface area (Å²) in [6, 6.07) is 0. The Morgan fingerprint density at radius 2 is 2.04 bits per heavy atom. The Hall–Kier alpha value is -2.13. The molecule has 0 bridgehead atoms. The minimum Gasteiger partial charge on any atom is -0.383 e. The molecular formula is C15H25N7O2. The molecule has 9 heteroatoms. The molecule has 2 aliphatic carbocycles. The van der Waals surface area contributed by atoms with E-state index in [4.69, 9.17) is 17.4 Å². The molecule has 2 atom stereocenters. The molecule has 2 fully saturated rings. The molecule has 7 N–H and O–H groups in total. The average Bonchev–Trinajstić information content (AvgIpc) is 3.10. The standard InChI is InChI=1S/C15H25N7O2/c1-21(18)14(19-17)15(24)5-9-3-8(4-10(9)6-15)12-11(7-23)13(16)22(2)20-12/h7-10,24H,3-6,16-18H2,1-2H3/b19-14-. The first-order valence-electron chi connectivity index (χ1n) is 8.07. The predicted molar refractivity (Wildman–Crippen MR) is 89.7 cm³/mol. The molecule has 0 aliphatic heterocycles. The van der Waals surface area contributed by atoms with E-state index in [2.05, 4.69) is 10.2 Å². The Balaban J connectivity index is 1.79. The number of hydrogen-bond acceptors (Lipinski definition) is 7. The highest BCUT2D eigenvalue weighted by Crippen LogP contribution is 2.54. The Labute approximate surface area is 140 Å². The molecule has 0 radical (unpaired) electrons. The number of hydrogen-bond donors (Lipinski definition) is 4. The molecule has 1 aromatic rings. The van der Waals surface area contributed by atoms with Gasteiger partial charge in [0.05, 0.1) is 11.3 Å². The van der Waals surface area contributed by atoms with Crippen molar-refractivity contribution in [2.75, 3.05) is 12.8 Å². The van der Waals surface area contributed by atoms with Gasteiger partial charge in [-0.25, -0.2) is 5.84 Å². The topological polar surface area (TPSA) is 149 Å². The molecule has 0 saturated heterocycles. The van der Waals surface area contributed by atoms with Crippen LogP contribution < -0.4 is 17.4 Å². The number of carbonyl (C=O) groups is 1. The van der Waals surface area contributed by atoms with Gasteiger partial charge in [-0.2, -0.15) is 10.2 Å². The molecule has 0 aromatic carbocycles. The van der Waals surface area contributed by atoms with E-state index in [0.717, 1.165) is 24.8 Å². The molecular weight excluding hydrogens is 310 g/mol. The maximum Gasteiger partial charge on any atom is 0.170 e. The number of hydrazine groups is 1. The first-order valence-corrected chi connectivity index (χ1v) is 8.07. The van der Waals surface area contributed by atoms with E-state index in [0.29, 0.717) is 41.9 Å². The van der Waals surface area contributed by atoms with E-state index < -0.39 is 5.60 Å². The number of aromatic nitrogens is 2. The number of anilines is 1. The van der Waals surface area contributed by atoms with E-state index in [1.165, 1.54) is 5.01 Å². The monoisotopic (exact) mass is 335 g/mol. The van der Waals surface area contributed by atoms with Gasteiger partial charge in [-0.3, -0.25) is 14.5 Å². The maximum absolute atomic E-state index is 11.3. The summed E-state index contributed by atoms with van der Waals surface area (Å²) in [6.07, 6.45) is 3.62. The number of nitrogens with two attached hydrogens (primary N) is 3. The molecule has 24 heavy (non-hydrogen) atoms. The van der Waals surface area contributed by atoms with Crippen LogP contribution in [-0.2, 0) is 7.05 Å². The van der Waals surface area contributed by atoms with E-state index in [-0.39, 0.29) is 5.92 Å². The highest BCUT2D eigenvalue weighted by atomic mass is 16.3. The molecule has 2 unspecified atom stereocenters. The third kappa shape index (κ3) is 2.44. The van der Waals surface area contributed by atoms with Crippen LogP contribution in [0.25, 0.3) is 0 Å². The highest BCUT2D eigenvalue weighted by molar-refractivity contribution is 5.90. The van der Waals surface area contributed by atoms with Crippen LogP contribution in [0.4, 0.5) is 5.82 Å². The van der Waals surface area contributed by atoms with Gasteiger partial charge in [0.1, 0.15) is 11.4 Å². The fraction of sp³-hybridized carbons (Fsp3) is 0.667. The summed E-state index contributed by atoms with van der Waals surface area (Å²) in [5.41, 5.74) is 6.08. The lowest BCUT2D eigenvalue weighted by molar-refractivity contribution is 0.0952. The lowest BCUT2D eigenvalue weighted by Gasteiger charge is -2.29. The second kappa shape index (κ2) is 5.75. The third-order valence-electron chi connectivity index (χ3n) is 5.58. The average molecular weight is 335 g/mol. The zero-order chi connectivity index (χ0) is 17.6. The Morgan fingerprint density at radius 1 is 1.46 bits per heavy atom. The summed E-state index contributed by atoms with van der Waals surface area (Å²) < 4.78 is 1.55. The summed E-state index contributed by atoms with van der Waals surface area (Å²) in [6.45, 7) is 0. The molecule has 1 aromatic heterocycles. The smallest absolute Gasteiger partial charge is 0.170 e. The SMILES string of the molecule is CN(N)/C(=N\N)C1(O)CC2CC(c3nn(C)c(N)c3C=O)CC2C1. The van der Waals surface area contributed by atoms with Gasteiger partial charge in [0.15, 0.2) is 12.1 Å². The fourth-order valence-electron chi connectivity index (χ4n) is 4.61. The second-order valence-corrected chi connectivity index (χ2v) is 7.12. The fourth-order valence-corrected chi connectivity index (χ4v) is 4.61. The van der Waals surface area contributed by atoms with E-state index in [1.807, 2.05) is 0 Å². The summed E-state index contributed by atoms with van der Waals surface area (Å²) in [4.78, 5) is 11.3. The quantitative estimate of drug-likeness (QED) is 0.192. The number of rotatable bonds is 3. The van der Waals surface area contributed by atoms with Crippen LogP contribution in [0, 0.1) is 11.8 Å². The van der Waals surface area contributed by atoms with Crippen molar-refractivity contribution in [2.45, 2.75) is 37.2 Å². The zero-order valence-corrected chi connectivity index (χ0v) is 14.0. The Bertz CT molecular complexity index is 668. The Kier molecular flexibility index (Phi) is 4.00. The van der Waals surface area contributed by atoms with Gasteiger partial charge < -0.3 is 16.7 Å². The van der Waals surface area contributed by atoms with Gasteiger partial charge in [0.2, 0.25) is 0 Å². The first-order chi connectivity index (χ1) is 11.3. The van der Waals surface area contributed by atoms with Gasteiger partial charge in [0.25, 0.3) is 0 Å². The molecule has 9 nitrogen and oxygen atoms in total. The van der Waals surface area contributed by atoms with Crippen molar-refractivity contribution in [2.24, 2.45) is 35.7 Å². The van der Waals surface area contributed by atoms with Crippen molar-refractivity contribution < 1.29 is 9.90 Å². The number of aliphatic hydroxyl groups is 1. The van der Waals surface area contributed by atoms with Crippen molar-refractivity contribution in [3.63, 3.8) is 0 Å². The minimum absolute atomic E-state index is 0.183. The summed E-state index contributed by atoms with van der Waals surface area (Å²) in [5.74, 6) is 12.7. The number of aldehydes is 1. The van der Waals surface area contributed by atoms with E-state index in [1.54, 1.807) is 18.8 Å². The summed E-state index contributed by atoms with van der Waals surface area (Å²) in [5, 5.41) is 20.3. The Morgan fingerprint density at radius 3 is 2.50 bits per heavy atom. The number of carbonyl (C=O) groups excluding carboxylic acids is 1. The van der Waals surface area contributed by atoms with Gasteiger partial charge in [-0.05, 0) is 37.5 Å². The lowest BCUT2D eigenvalue weighted by atomic mass is 9.91. The van der Waals surface area contributed by atoms with E-state index in [9.17, 15) is 9.90 Å². The zero-order valence-electron chi connectivity index (χ0n) is 14.0. The van der Waals surface area contributed by atoms with Crippen LogP contribution >= 0.6 is 0 Å². The largest absolute Gasteiger partial charge is 0.383 e. The number of nitrogens with zero attached hydrogens (tertiary/aromatic N) is 4. The van der Waals surface area contributed by atoms with Crippen molar-refractivity contribution in [1.29, 1.82) is 0 Å². The van der Waals surface area contributed by atoms with Crippen LogP contribution in [0.15, 0.2) is 5.10 Å². The molecule has 2 aliphatic rings. The van der Waals surface area contributed by atoms with Crippen molar-refractivity contribution in [3.8, 4) is 0 Å². The summed E-state index contributed by atoms with van der Waals surface area (Å²) >= 11 is 0. The first kappa shape index (κ1) is 16.7. The second-order valence-electron chi connectivity index (χ2n) is 7.12. The van der Waals surface area contributed by atoms with Crippen molar-refractivity contribution >= 4 is 17.9 Å². The van der Waals surface area contributed by atoms with Crippen LogP contribution in [0.3, 0.4) is 0 Å².